The molecule has 6 nitrogen and oxygen atoms in total. The quantitative estimate of drug-likeness (QED) is 0.693. The molecule has 6 heteroatoms. The number of carbonyl (C=O) groups excluding carboxylic acids is 3. The van der Waals surface area contributed by atoms with Gasteiger partial charge in [-0.2, -0.15) is 0 Å². The van der Waals surface area contributed by atoms with Crippen LogP contribution in [0.15, 0.2) is 48.5 Å². The van der Waals surface area contributed by atoms with E-state index < -0.39 is 0 Å². The number of imide groups is 1. The van der Waals surface area contributed by atoms with Crippen molar-refractivity contribution in [2.24, 2.45) is 0 Å². The molecule has 0 atom stereocenters. The summed E-state index contributed by atoms with van der Waals surface area (Å²) in [5.41, 5.74) is 3.15. The fourth-order valence-corrected chi connectivity index (χ4v) is 4.13. The molecule has 2 aromatic rings. The lowest BCUT2D eigenvalue weighted by atomic mass is 10.1. The number of fused-ring (bicyclic) bond motifs is 1. The van der Waals surface area contributed by atoms with E-state index in [4.69, 9.17) is 0 Å². The van der Waals surface area contributed by atoms with Crippen LogP contribution in [0.1, 0.15) is 38.3 Å². The summed E-state index contributed by atoms with van der Waals surface area (Å²) in [5, 5.41) is 0. The summed E-state index contributed by atoms with van der Waals surface area (Å²) in [6.45, 7) is 6.10. The van der Waals surface area contributed by atoms with E-state index in [1.54, 1.807) is 12.1 Å². The van der Waals surface area contributed by atoms with Crippen LogP contribution in [0.4, 0.5) is 0 Å². The van der Waals surface area contributed by atoms with E-state index in [2.05, 4.69) is 29.2 Å². The number of hydrogen-bond donors (Lipinski definition) is 0. The number of hydrogen-bond acceptors (Lipinski definition) is 4. The fraction of sp³-hybridized carbons (Fsp3) is 0.375. The normalized spacial score (nSPS) is 16.8. The Bertz CT molecular complexity index is 949. The third-order valence-electron chi connectivity index (χ3n) is 5.96. The summed E-state index contributed by atoms with van der Waals surface area (Å²) < 4.78 is 0. The van der Waals surface area contributed by atoms with E-state index in [0.29, 0.717) is 24.2 Å². The molecule has 1 fully saturated rings. The van der Waals surface area contributed by atoms with Gasteiger partial charge in [-0.05, 0) is 31.0 Å². The monoisotopic (exact) mass is 405 g/mol. The number of nitrogens with zero attached hydrogens (tertiary/aromatic N) is 3. The standard InChI is InChI=1S/C24H27N3O3/c1-18-7-8-20-21(17-18)24(30)27(23(20)29)12-10-22(28)26-15-13-25(14-16-26)11-9-19-5-3-2-4-6-19/h2-8,17H,9-16H2,1H3. The van der Waals surface area contributed by atoms with Crippen molar-refractivity contribution in [1.82, 2.24) is 14.7 Å². The molecule has 30 heavy (non-hydrogen) atoms. The molecule has 0 radical (unpaired) electrons. The highest BCUT2D eigenvalue weighted by molar-refractivity contribution is 6.21. The summed E-state index contributed by atoms with van der Waals surface area (Å²) in [6.07, 6.45) is 1.18. The van der Waals surface area contributed by atoms with Crippen LogP contribution in [0, 0.1) is 6.92 Å². The highest BCUT2D eigenvalue weighted by atomic mass is 16.2. The lowest BCUT2D eigenvalue weighted by Crippen LogP contribution is -2.49. The number of amides is 3. The van der Waals surface area contributed by atoms with Crippen LogP contribution >= 0.6 is 0 Å². The molecule has 0 unspecified atom stereocenters. The molecule has 156 valence electrons. The Morgan fingerprint density at radius 1 is 0.867 bits per heavy atom. The van der Waals surface area contributed by atoms with Gasteiger partial charge >= 0.3 is 0 Å². The topological polar surface area (TPSA) is 60.9 Å². The Labute approximate surface area is 177 Å². The van der Waals surface area contributed by atoms with E-state index in [0.717, 1.165) is 31.6 Å². The zero-order valence-corrected chi connectivity index (χ0v) is 17.3. The molecule has 0 N–H and O–H groups in total. The van der Waals surface area contributed by atoms with Crippen molar-refractivity contribution in [3.63, 3.8) is 0 Å². The van der Waals surface area contributed by atoms with Crippen LogP contribution in [-0.2, 0) is 11.2 Å². The first-order chi connectivity index (χ1) is 14.5. The number of piperazine rings is 1. The summed E-state index contributed by atoms with van der Waals surface area (Å²) in [7, 11) is 0. The minimum Gasteiger partial charge on any atom is -0.340 e. The van der Waals surface area contributed by atoms with Crippen LogP contribution < -0.4 is 0 Å². The van der Waals surface area contributed by atoms with Gasteiger partial charge in [0.25, 0.3) is 11.8 Å². The average Bonchev–Trinajstić information content (AvgIpc) is 3.01. The number of rotatable bonds is 6. The van der Waals surface area contributed by atoms with E-state index in [-0.39, 0.29) is 30.7 Å². The summed E-state index contributed by atoms with van der Waals surface area (Å²) in [6, 6.07) is 15.7. The van der Waals surface area contributed by atoms with Gasteiger partial charge in [0, 0.05) is 45.7 Å². The average molecular weight is 405 g/mol. The van der Waals surface area contributed by atoms with Gasteiger partial charge in [-0.1, -0.05) is 42.0 Å². The highest BCUT2D eigenvalue weighted by Crippen LogP contribution is 2.24. The summed E-state index contributed by atoms with van der Waals surface area (Å²) in [5.74, 6) is -0.587. The van der Waals surface area contributed by atoms with Crippen molar-refractivity contribution in [2.45, 2.75) is 19.8 Å². The van der Waals surface area contributed by atoms with Gasteiger partial charge in [0.2, 0.25) is 5.91 Å². The maximum absolute atomic E-state index is 12.6. The predicted molar refractivity (Wildman–Crippen MR) is 114 cm³/mol. The molecule has 0 aliphatic carbocycles. The van der Waals surface area contributed by atoms with Crippen molar-refractivity contribution in [1.29, 1.82) is 0 Å². The first-order valence-electron chi connectivity index (χ1n) is 10.5. The van der Waals surface area contributed by atoms with Crippen LogP contribution in [-0.4, -0.2) is 71.7 Å². The zero-order chi connectivity index (χ0) is 21.1. The second kappa shape index (κ2) is 8.79. The van der Waals surface area contributed by atoms with Gasteiger partial charge in [0.15, 0.2) is 0 Å². The molecule has 2 aromatic carbocycles. The summed E-state index contributed by atoms with van der Waals surface area (Å²) in [4.78, 5) is 43.1. The molecule has 0 aromatic heterocycles. The number of carbonyl (C=O) groups is 3. The molecule has 0 bridgehead atoms. The predicted octanol–water partition coefficient (Wildman–Crippen LogP) is 2.37. The van der Waals surface area contributed by atoms with E-state index in [9.17, 15) is 14.4 Å². The molecular weight excluding hydrogens is 378 g/mol. The Morgan fingerprint density at radius 2 is 1.57 bits per heavy atom. The maximum atomic E-state index is 12.6. The number of aryl methyl sites for hydroxylation is 1. The second-order valence-corrected chi connectivity index (χ2v) is 8.02. The van der Waals surface area contributed by atoms with Gasteiger partial charge in [0.05, 0.1) is 11.1 Å². The van der Waals surface area contributed by atoms with E-state index in [1.807, 2.05) is 24.0 Å². The SMILES string of the molecule is Cc1ccc2c(c1)C(=O)N(CCC(=O)N1CCN(CCc3ccccc3)CC1)C2=O. The van der Waals surface area contributed by atoms with Crippen molar-refractivity contribution >= 4 is 17.7 Å². The molecule has 4 rings (SSSR count). The molecule has 2 aliphatic heterocycles. The van der Waals surface area contributed by atoms with Crippen molar-refractivity contribution in [2.75, 3.05) is 39.3 Å². The zero-order valence-electron chi connectivity index (χ0n) is 17.3. The lowest BCUT2D eigenvalue weighted by Gasteiger charge is -2.35. The third-order valence-corrected chi connectivity index (χ3v) is 5.96. The van der Waals surface area contributed by atoms with Crippen LogP contribution in [0.2, 0.25) is 0 Å². The largest absolute Gasteiger partial charge is 0.340 e. The molecule has 2 heterocycles. The van der Waals surface area contributed by atoms with E-state index >= 15 is 0 Å². The fourth-order valence-electron chi connectivity index (χ4n) is 4.13. The summed E-state index contributed by atoms with van der Waals surface area (Å²) >= 11 is 0. The number of benzene rings is 2. The Hall–Kier alpha value is -2.99. The minimum atomic E-state index is -0.298. The first-order valence-corrected chi connectivity index (χ1v) is 10.5. The molecule has 1 saturated heterocycles. The van der Waals surface area contributed by atoms with Gasteiger partial charge in [-0.15, -0.1) is 0 Å². The van der Waals surface area contributed by atoms with Crippen LogP contribution in [0.25, 0.3) is 0 Å². The Morgan fingerprint density at radius 3 is 2.30 bits per heavy atom. The minimum absolute atomic E-state index is 0.00504. The van der Waals surface area contributed by atoms with Gasteiger partial charge in [-0.25, -0.2) is 0 Å². The maximum Gasteiger partial charge on any atom is 0.261 e. The molecule has 0 saturated carbocycles. The molecular formula is C24H27N3O3. The molecule has 2 aliphatic rings. The smallest absolute Gasteiger partial charge is 0.261 e. The van der Waals surface area contributed by atoms with Gasteiger partial charge < -0.3 is 4.90 Å². The highest BCUT2D eigenvalue weighted by Gasteiger charge is 2.35. The lowest BCUT2D eigenvalue weighted by molar-refractivity contribution is -0.133. The van der Waals surface area contributed by atoms with Crippen molar-refractivity contribution in [3.05, 3.63) is 70.8 Å². The third kappa shape index (κ3) is 4.28. The molecule has 3 amide bonds. The Kier molecular flexibility index (Phi) is 5.95. The van der Waals surface area contributed by atoms with E-state index in [1.165, 1.54) is 10.5 Å². The Balaban J connectivity index is 1.24. The van der Waals surface area contributed by atoms with Crippen LogP contribution in [0.5, 0.6) is 0 Å². The molecule has 0 spiro atoms. The van der Waals surface area contributed by atoms with Crippen molar-refractivity contribution < 1.29 is 14.4 Å². The van der Waals surface area contributed by atoms with Crippen LogP contribution in [0.3, 0.4) is 0 Å². The second-order valence-electron chi connectivity index (χ2n) is 8.02. The first kappa shape index (κ1) is 20.3. The van der Waals surface area contributed by atoms with Gasteiger partial charge in [0.1, 0.15) is 0 Å². The van der Waals surface area contributed by atoms with Crippen molar-refractivity contribution in [3.8, 4) is 0 Å². The van der Waals surface area contributed by atoms with Gasteiger partial charge in [-0.3, -0.25) is 24.2 Å².